The molecule has 0 amide bonds. The Morgan fingerprint density at radius 1 is 1.12 bits per heavy atom. The van der Waals surface area contributed by atoms with Crippen molar-refractivity contribution in [3.63, 3.8) is 0 Å². The largest absolute Gasteiger partial charge is 0.469 e. The van der Waals surface area contributed by atoms with Crippen molar-refractivity contribution in [3.05, 3.63) is 0 Å². The van der Waals surface area contributed by atoms with Crippen LogP contribution in [0.4, 0.5) is 0 Å². The van der Waals surface area contributed by atoms with Gasteiger partial charge in [-0.3, -0.25) is 4.79 Å². The zero-order valence-electron chi connectivity index (χ0n) is 16.0. The number of aliphatic hydroxyl groups is 1. The number of rotatable bonds is 1. The Balaban J connectivity index is 1.65. The summed E-state index contributed by atoms with van der Waals surface area (Å²) in [6.45, 7) is 4.76. The number of ether oxygens (including phenoxy) is 1. The van der Waals surface area contributed by atoms with Gasteiger partial charge in [0.05, 0.1) is 19.1 Å². The lowest BCUT2D eigenvalue weighted by Crippen LogP contribution is -2.61. The number of hydrogen-bond acceptors (Lipinski definition) is 4. The second kappa shape index (κ2) is 5.95. The van der Waals surface area contributed by atoms with Crippen molar-refractivity contribution < 1.29 is 14.6 Å². The Bertz CT molecular complexity index is 551. The van der Waals surface area contributed by atoms with Gasteiger partial charge in [0, 0.05) is 6.04 Å². The van der Waals surface area contributed by atoms with Crippen LogP contribution in [0.2, 0.25) is 0 Å². The molecule has 0 aromatic rings. The molecule has 0 unspecified atom stereocenters. The molecule has 0 bridgehead atoms. The van der Waals surface area contributed by atoms with Gasteiger partial charge in [0.15, 0.2) is 0 Å². The molecule has 142 valence electrons. The Hall–Kier alpha value is -0.610. The minimum absolute atomic E-state index is 0.00501. The van der Waals surface area contributed by atoms with E-state index in [0.717, 1.165) is 38.5 Å². The van der Waals surface area contributed by atoms with Gasteiger partial charge in [-0.25, -0.2) is 0 Å². The molecule has 9 atom stereocenters. The zero-order valence-corrected chi connectivity index (χ0v) is 16.0. The third kappa shape index (κ3) is 2.43. The summed E-state index contributed by atoms with van der Waals surface area (Å²) >= 11 is 0. The number of fused-ring (bicyclic) bond motifs is 5. The Morgan fingerprint density at radius 3 is 2.60 bits per heavy atom. The van der Waals surface area contributed by atoms with Gasteiger partial charge >= 0.3 is 5.97 Å². The molecule has 4 rings (SSSR count). The minimum Gasteiger partial charge on any atom is -0.469 e. The first-order valence-corrected chi connectivity index (χ1v) is 10.3. The van der Waals surface area contributed by atoms with Crippen LogP contribution in [0, 0.1) is 40.4 Å². The maximum Gasteiger partial charge on any atom is 0.309 e. The summed E-state index contributed by atoms with van der Waals surface area (Å²) in [5.74, 6) is 2.40. The molecular weight excluding hydrogens is 314 g/mol. The van der Waals surface area contributed by atoms with Crippen molar-refractivity contribution in [2.24, 2.45) is 46.2 Å². The fraction of sp³-hybridized carbons (Fsp3) is 0.952. The number of esters is 1. The van der Waals surface area contributed by atoms with Crippen LogP contribution in [0.15, 0.2) is 0 Å². The van der Waals surface area contributed by atoms with Crippen molar-refractivity contribution in [1.82, 2.24) is 0 Å². The third-order valence-corrected chi connectivity index (χ3v) is 9.13. The number of aliphatic hydroxyl groups excluding tert-OH is 1. The van der Waals surface area contributed by atoms with Gasteiger partial charge < -0.3 is 15.6 Å². The molecule has 4 nitrogen and oxygen atoms in total. The second-order valence-electron chi connectivity index (χ2n) is 10.0. The average Bonchev–Trinajstić information content (AvgIpc) is 2.91. The summed E-state index contributed by atoms with van der Waals surface area (Å²) in [7, 11) is 1.52. The van der Waals surface area contributed by atoms with E-state index in [4.69, 9.17) is 10.5 Å². The van der Waals surface area contributed by atoms with Gasteiger partial charge in [0.2, 0.25) is 0 Å². The van der Waals surface area contributed by atoms with Crippen LogP contribution < -0.4 is 5.73 Å². The topological polar surface area (TPSA) is 72.5 Å². The SMILES string of the molecule is COC(=O)[C@H]1CC[C@H]2[C@@H]3CC[C@H]4C[C@@H](O)CC[C@]4(C)[C@H]3[C@H](N)C[C@]12C. The smallest absolute Gasteiger partial charge is 0.309 e. The molecule has 4 fully saturated rings. The van der Waals surface area contributed by atoms with E-state index < -0.39 is 0 Å². The second-order valence-corrected chi connectivity index (χ2v) is 10.0. The van der Waals surface area contributed by atoms with Crippen molar-refractivity contribution in [2.45, 2.75) is 77.4 Å². The highest BCUT2D eigenvalue weighted by molar-refractivity contribution is 5.73. The zero-order chi connectivity index (χ0) is 18.0. The quantitative estimate of drug-likeness (QED) is 0.714. The molecule has 0 radical (unpaired) electrons. The van der Waals surface area contributed by atoms with E-state index in [1.807, 2.05) is 0 Å². The van der Waals surface area contributed by atoms with Crippen LogP contribution in [0.5, 0.6) is 0 Å². The molecule has 25 heavy (non-hydrogen) atoms. The van der Waals surface area contributed by atoms with Crippen LogP contribution in [0.25, 0.3) is 0 Å². The molecule has 0 spiro atoms. The highest BCUT2D eigenvalue weighted by Crippen LogP contribution is 2.67. The van der Waals surface area contributed by atoms with Crippen molar-refractivity contribution in [1.29, 1.82) is 0 Å². The number of hydrogen-bond donors (Lipinski definition) is 2. The molecular formula is C21H35NO3. The molecule has 0 saturated heterocycles. The summed E-state index contributed by atoms with van der Waals surface area (Å²) < 4.78 is 5.13. The maximum absolute atomic E-state index is 12.4. The molecule has 4 saturated carbocycles. The molecule has 4 aliphatic rings. The van der Waals surface area contributed by atoms with Crippen LogP contribution in [-0.4, -0.2) is 30.3 Å². The van der Waals surface area contributed by atoms with Gasteiger partial charge in [-0.15, -0.1) is 0 Å². The van der Waals surface area contributed by atoms with E-state index in [1.165, 1.54) is 20.0 Å². The summed E-state index contributed by atoms with van der Waals surface area (Å²) in [6.07, 6.45) is 8.37. The summed E-state index contributed by atoms with van der Waals surface area (Å²) in [4.78, 5) is 12.4. The highest BCUT2D eigenvalue weighted by atomic mass is 16.5. The Kier molecular flexibility index (Phi) is 4.23. The van der Waals surface area contributed by atoms with E-state index in [-0.39, 0.29) is 34.9 Å². The van der Waals surface area contributed by atoms with E-state index in [0.29, 0.717) is 23.7 Å². The first kappa shape index (κ1) is 17.8. The monoisotopic (exact) mass is 349 g/mol. The average molecular weight is 350 g/mol. The van der Waals surface area contributed by atoms with Gasteiger partial charge in [0.25, 0.3) is 0 Å². The van der Waals surface area contributed by atoms with E-state index in [1.54, 1.807) is 0 Å². The van der Waals surface area contributed by atoms with Crippen LogP contribution in [-0.2, 0) is 9.53 Å². The van der Waals surface area contributed by atoms with Crippen LogP contribution >= 0.6 is 0 Å². The van der Waals surface area contributed by atoms with E-state index in [9.17, 15) is 9.90 Å². The predicted octanol–water partition coefficient (Wildman–Crippen LogP) is 3.12. The lowest BCUT2D eigenvalue weighted by Gasteiger charge is -2.62. The predicted molar refractivity (Wildman–Crippen MR) is 96.6 cm³/mol. The first-order valence-electron chi connectivity index (χ1n) is 10.3. The van der Waals surface area contributed by atoms with Crippen molar-refractivity contribution >= 4 is 5.97 Å². The van der Waals surface area contributed by atoms with Gasteiger partial charge in [-0.1, -0.05) is 13.8 Å². The maximum atomic E-state index is 12.4. The first-order chi connectivity index (χ1) is 11.8. The van der Waals surface area contributed by atoms with Crippen molar-refractivity contribution in [2.75, 3.05) is 7.11 Å². The molecule has 4 heteroatoms. The van der Waals surface area contributed by atoms with Crippen LogP contribution in [0.3, 0.4) is 0 Å². The number of carbonyl (C=O) groups is 1. The Labute approximate surface area is 151 Å². The molecule has 3 N–H and O–H groups in total. The fourth-order valence-electron chi connectivity index (χ4n) is 8.03. The van der Waals surface area contributed by atoms with E-state index >= 15 is 0 Å². The summed E-state index contributed by atoms with van der Waals surface area (Å²) in [5.41, 5.74) is 7.12. The molecule has 0 aromatic carbocycles. The highest BCUT2D eigenvalue weighted by Gasteiger charge is 2.63. The lowest BCUT2D eigenvalue weighted by molar-refractivity contribution is -0.159. The van der Waals surface area contributed by atoms with Crippen molar-refractivity contribution in [3.8, 4) is 0 Å². The Morgan fingerprint density at radius 2 is 1.88 bits per heavy atom. The van der Waals surface area contributed by atoms with E-state index in [2.05, 4.69) is 13.8 Å². The molecule has 0 heterocycles. The normalized spacial score (nSPS) is 55.0. The summed E-state index contributed by atoms with van der Waals surface area (Å²) in [6, 6.07) is 0.166. The molecule has 0 aromatic heterocycles. The van der Waals surface area contributed by atoms with Gasteiger partial charge in [-0.2, -0.15) is 0 Å². The summed E-state index contributed by atoms with van der Waals surface area (Å²) in [5, 5.41) is 10.2. The number of nitrogens with two attached hydrogens (primary N) is 1. The van der Waals surface area contributed by atoms with Crippen LogP contribution in [0.1, 0.15) is 65.2 Å². The van der Waals surface area contributed by atoms with Gasteiger partial charge in [-0.05, 0) is 85.9 Å². The standard InChI is InChI=1S/C21H35NO3/c1-20-9-8-13(23)10-12(20)4-5-14-15-6-7-16(19(24)25-3)21(15,2)11-17(22)18(14)20/h12-18,23H,4-11,22H2,1-3H3/t12-,13-,14-,15-,16+,17+,18+,20-,21-/m0/s1. The third-order valence-electron chi connectivity index (χ3n) is 9.13. The lowest BCUT2D eigenvalue weighted by atomic mass is 9.43. The van der Waals surface area contributed by atoms with Gasteiger partial charge in [0.1, 0.15) is 0 Å². The molecule has 4 aliphatic carbocycles. The number of carbonyl (C=O) groups excluding carboxylic acids is 1. The number of methoxy groups -OCH3 is 1. The fourth-order valence-corrected chi connectivity index (χ4v) is 8.03. The minimum atomic E-state index is -0.116. The molecule has 0 aliphatic heterocycles.